The van der Waals surface area contributed by atoms with Crippen molar-refractivity contribution in [1.82, 2.24) is 4.98 Å². The Hall–Kier alpha value is -1.19. The molecule has 2 rings (SSSR count). The Bertz CT molecular complexity index is 481. The van der Waals surface area contributed by atoms with E-state index < -0.39 is 0 Å². The summed E-state index contributed by atoms with van der Waals surface area (Å²) in [6.45, 7) is 5.85. The van der Waals surface area contributed by atoms with E-state index in [2.05, 4.69) is 49.2 Å². The van der Waals surface area contributed by atoms with Crippen LogP contribution in [-0.4, -0.2) is 18.2 Å². The zero-order valence-corrected chi connectivity index (χ0v) is 12.5. The van der Waals surface area contributed by atoms with Crippen LogP contribution in [0.3, 0.4) is 0 Å². The van der Waals surface area contributed by atoms with Gasteiger partial charge in [-0.2, -0.15) is 0 Å². The molecule has 2 nitrogen and oxygen atoms in total. The Balaban J connectivity index is 2.12. The summed E-state index contributed by atoms with van der Waals surface area (Å²) in [4.78, 5) is 5.69. The highest BCUT2D eigenvalue weighted by molar-refractivity contribution is 7.09. The third kappa shape index (κ3) is 3.88. The third-order valence-electron chi connectivity index (χ3n) is 3.23. The molecule has 0 fully saturated rings. The number of hydrogen-bond acceptors (Lipinski definition) is 3. The Morgan fingerprint density at radius 2 is 2.05 bits per heavy atom. The molecular weight excluding hydrogens is 254 g/mol. The lowest BCUT2D eigenvalue weighted by Gasteiger charge is -2.17. The molecule has 19 heavy (non-hydrogen) atoms. The minimum Gasteiger partial charge on any atom is -0.380 e. The van der Waals surface area contributed by atoms with Crippen LogP contribution in [0.15, 0.2) is 35.8 Å². The summed E-state index contributed by atoms with van der Waals surface area (Å²) in [5.41, 5.74) is 4.36. The molecule has 3 heteroatoms. The number of unbranched alkanes of at least 4 members (excludes halogenated alkanes) is 1. The molecule has 0 saturated heterocycles. The molecule has 2 aromatic rings. The van der Waals surface area contributed by atoms with Crippen molar-refractivity contribution in [2.24, 2.45) is 0 Å². The molecule has 1 aromatic heterocycles. The number of aromatic nitrogens is 1. The van der Waals surface area contributed by atoms with Gasteiger partial charge in [0.05, 0.1) is 17.8 Å². The van der Waals surface area contributed by atoms with Crippen LogP contribution in [0.1, 0.15) is 41.8 Å². The second-order valence-corrected chi connectivity index (χ2v) is 5.58. The number of aryl methyl sites for hydroxylation is 1. The number of ether oxygens (including phenoxy) is 1. The summed E-state index contributed by atoms with van der Waals surface area (Å²) in [7, 11) is 0. The van der Waals surface area contributed by atoms with E-state index in [1.54, 1.807) is 11.3 Å². The number of rotatable bonds is 7. The Kier molecular flexibility index (Phi) is 5.55. The lowest BCUT2D eigenvalue weighted by molar-refractivity contribution is 0.125. The Morgan fingerprint density at radius 1 is 1.26 bits per heavy atom. The highest BCUT2D eigenvalue weighted by Gasteiger charge is 2.18. The third-order valence-corrected chi connectivity index (χ3v) is 4.27. The van der Waals surface area contributed by atoms with Gasteiger partial charge in [0.2, 0.25) is 0 Å². The van der Waals surface area contributed by atoms with Gasteiger partial charge in [-0.3, -0.25) is 0 Å². The van der Waals surface area contributed by atoms with Crippen LogP contribution in [-0.2, 0) is 4.74 Å². The van der Waals surface area contributed by atoms with Crippen molar-refractivity contribution < 1.29 is 4.74 Å². The van der Waals surface area contributed by atoms with Crippen LogP contribution in [0, 0.1) is 6.92 Å². The molecule has 0 radical (unpaired) electrons. The molecule has 0 N–H and O–H groups in total. The van der Waals surface area contributed by atoms with Gasteiger partial charge in [0.25, 0.3) is 0 Å². The van der Waals surface area contributed by atoms with Crippen molar-refractivity contribution >= 4 is 11.3 Å². The fraction of sp³-hybridized carbons (Fsp3) is 0.438. The van der Waals surface area contributed by atoms with Gasteiger partial charge in [0.1, 0.15) is 0 Å². The molecule has 102 valence electrons. The number of benzene rings is 1. The quantitative estimate of drug-likeness (QED) is 0.699. The normalized spacial score (nSPS) is 12.5. The predicted octanol–water partition coefficient (Wildman–Crippen LogP) is 4.40. The monoisotopic (exact) mass is 275 g/mol. The van der Waals surface area contributed by atoms with E-state index in [1.807, 2.05) is 5.51 Å². The molecule has 0 bridgehead atoms. The average Bonchev–Trinajstić information content (AvgIpc) is 2.86. The number of thiazole rings is 1. The Labute approximate surface area is 119 Å². The van der Waals surface area contributed by atoms with Gasteiger partial charge in [0, 0.05) is 17.4 Å². The molecule has 0 aliphatic carbocycles. The zero-order valence-electron chi connectivity index (χ0n) is 11.6. The smallest absolute Gasteiger partial charge is 0.0797 e. The van der Waals surface area contributed by atoms with E-state index >= 15 is 0 Å². The summed E-state index contributed by atoms with van der Waals surface area (Å²) in [5.74, 6) is 0.311. The largest absolute Gasteiger partial charge is 0.380 e. The zero-order chi connectivity index (χ0) is 13.5. The average molecular weight is 275 g/mol. The van der Waals surface area contributed by atoms with Gasteiger partial charge < -0.3 is 4.74 Å². The fourth-order valence-electron chi connectivity index (χ4n) is 2.10. The first-order valence-electron chi connectivity index (χ1n) is 6.85. The van der Waals surface area contributed by atoms with Gasteiger partial charge in [-0.1, -0.05) is 43.7 Å². The standard InChI is InChI=1S/C16H21NOS/c1-3-4-10-18-11-15(14-8-6-5-7-9-14)16-13(2)17-12-19-16/h5-9,12,15H,3-4,10-11H2,1-2H3. The minimum absolute atomic E-state index is 0.311. The van der Waals surface area contributed by atoms with Gasteiger partial charge in [0.15, 0.2) is 0 Å². The van der Waals surface area contributed by atoms with Crippen molar-refractivity contribution in [3.63, 3.8) is 0 Å². The lowest BCUT2D eigenvalue weighted by atomic mass is 9.97. The van der Waals surface area contributed by atoms with Crippen molar-refractivity contribution in [3.05, 3.63) is 52.0 Å². The first-order chi connectivity index (χ1) is 9.33. The maximum absolute atomic E-state index is 5.85. The molecule has 0 spiro atoms. The fourth-order valence-corrected chi connectivity index (χ4v) is 3.02. The molecule has 0 aliphatic rings. The van der Waals surface area contributed by atoms with E-state index in [9.17, 15) is 0 Å². The summed E-state index contributed by atoms with van der Waals surface area (Å²) in [6.07, 6.45) is 2.30. The summed E-state index contributed by atoms with van der Waals surface area (Å²) in [5, 5.41) is 0. The SMILES string of the molecule is CCCCOCC(c1ccccc1)c1scnc1C. The van der Waals surface area contributed by atoms with Crippen molar-refractivity contribution in [1.29, 1.82) is 0 Å². The van der Waals surface area contributed by atoms with Crippen molar-refractivity contribution in [2.75, 3.05) is 13.2 Å². The molecule has 1 atom stereocenters. The van der Waals surface area contributed by atoms with Crippen molar-refractivity contribution in [2.45, 2.75) is 32.6 Å². The van der Waals surface area contributed by atoms with Crippen LogP contribution in [0.5, 0.6) is 0 Å². The number of nitrogens with zero attached hydrogens (tertiary/aromatic N) is 1. The molecule has 0 saturated carbocycles. The lowest BCUT2D eigenvalue weighted by Crippen LogP contribution is -2.10. The van der Waals surface area contributed by atoms with Crippen molar-refractivity contribution in [3.8, 4) is 0 Å². The molecule has 1 heterocycles. The van der Waals surface area contributed by atoms with Crippen LogP contribution in [0.2, 0.25) is 0 Å². The van der Waals surface area contributed by atoms with Crippen LogP contribution >= 0.6 is 11.3 Å². The Morgan fingerprint density at radius 3 is 2.68 bits per heavy atom. The van der Waals surface area contributed by atoms with E-state index in [1.165, 1.54) is 16.9 Å². The summed E-state index contributed by atoms with van der Waals surface area (Å²) in [6, 6.07) is 10.6. The highest BCUT2D eigenvalue weighted by atomic mass is 32.1. The highest BCUT2D eigenvalue weighted by Crippen LogP contribution is 2.30. The molecule has 0 aliphatic heterocycles. The van der Waals surface area contributed by atoms with Gasteiger partial charge in [-0.15, -0.1) is 11.3 Å². The van der Waals surface area contributed by atoms with Crippen LogP contribution < -0.4 is 0 Å². The second kappa shape index (κ2) is 7.41. The summed E-state index contributed by atoms with van der Waals surface area (Å²) < 4.78 is 5.85. The minimum atomic E-state index is 0.311. The van der Waals surface area contributed by atoms with E-state index in [0.29, 0.717) is 5.92 Å². The van der Waals surface area contributed by atoms with Gasteiger partial charge in [-0.05, 0) is 18.9 Å². The van der Waals surface area contributed by atoms with Crippen LogP contribution in [0.25, 0.3) is 0 Å². The second-order valence-electron chi connectivity index (χ2n) is 4.69. The number of hydrogen-bond donors (Lipinski definition) is 0. The molecule has 0 amide bonds. The summed E-state index contributed by atoms with van der Waals surface area (Å²) >= 11 is 1.73. The maximum atomic E-state index is 5.85. The first kappa shape index (κ1) is 14.2. The maximum Gasteiger partial charge on any atom is 0.0797 e. The molecule has 1 aromatic carbocycles. The molecular formula is C16H21NOS. The van der Waals surface area contributed by atoms with E-state index in [-0.39, 0.29) is 0 Å². The predicted molar refractivity (Wildman–Crippen MR) is 80.9 cm³/mol. The topological polar surface area (TPSA) is 22.1 Å². The van der Waals surface area contributed by atoms with E-state index in [0.717, 1.165) is 25.3 Å². The molecule has 1 unspecified atom stereocenters. The van der Waals surface area contributed by atoms with Crippen LogP contribution in [0.4, 0.5) is 0 Å². The van der Waals surface area contributed by atoms with E-state index in [4.69, 9.17) is 4.74 Å². The van der Waals surface area contributed by atoms with Gasteiger partial charge >= 0.3 is 0 Å². The first-order valence-corrected chi connectivity index (χ1v) is 7.73. The van der Waals surface area contributed by atoms with Gasteiger partial charge in [-0.25, -0.2) is 4.98 Å².